The molecule has 0 aliphatic heterocycles. The fraction of sp³-hybridized carbons (Fsp3) is 0.0909. The summed E-state index contributed by atoms with van der Waals surface area (Å²) in [6.07, 6.45) is 0. The van der Waals surface area contributed by atoms with Gasteiger partial charge in [0.25, 0.3) is 0 Å². The van der Waals surface area contributed by atoms with Gasteiger partial charge in [-0.05, 0) is 118 Å². The van der Waals surface area contributed by atoms with Crippen molar-refractivity contribution in [2.75, 3.05) is 0 Å². The monoisotopic (exact) mass is 515 g/mol. The number of nitrogens with zero attached hydrogens (tertiary/aromatic N) is 1. The number of nitrogens with two attached hydrogens (primary N) is 2. The van der Waals surface area contributed by atoms with Crippen LogP contribution in [0.3, 0.4) is 0 Å². The van der Waals surface area contributed by atoms with Crippen molar-refractivity contribution in [3.05, 3.63) is 119 Å². The van der Waals surface area contributed by atoms with Crippen LogP contribution in [0.2, 0.25) is 0 Å². The molecule has 6 heteroatoms. The summed E-state index contributed by atoms with van der Waals surface area (Å²) in [6, 6.07) is 31.5. The van der Waals surface area contributed by atoms with E-state index in [1.165, 1.54) is 5.56 Å². The van der Waals surface area contributed by atoms with Crippen LogP contribution in [0.4, 0.5) is 5.69 Å². The number of nitroso groups, excluding NO2 is 1. The molecule has 0 unspecified atom stereocenters. The maximum atomic E-state index is 11.1. The maximum Gasteiger partial charge on any atom is 0.146 e. The lowest BCUT2D eigenvalue weighted by atomic mass is 9.78. The fourth-order valence-corrected chi connectivity index (χ4v) is 5.25. The van der Waals surface area contributed by atoms with Crippen molar-refractivity contribution < 1.29 is 9.68 Å². The highest BCUT2D eigenvalue weighted by molar-refractivity contribution is 6.01. The van der Waals surface area contributed by atoms with E-state index in [-0.39, 0.29) is 0 Å². The minimum atomic E-state index is 0.390. The molecule has 194 valence electrons. The van der Waals surface area contributed by atoms with Crippen LogP contribution in [0.15, 0.2) is 102 Å². The molecule has 0 aliphatic rings. The molecule has 5 aromatic rings. The van der Waals surface area contributed by atoms with Crippen molar-refractivity contribution >= 4 is 5.69 Å². The predicted molar refractivity (Wildman–Crippen MR) is 157 cm³/mol. The first-order valence-electron chi connectivity index (χ1n) is 12.6. The number of aryl methyl sites for hydroxylation is 1. The van der Waals surface area contributed by atoms with Crippen molar-refractivity contribution in [1.82, 2.24) is 0 Å². The van der Waals surface area contributed by atoms with Gasteiger partial charge in [-0.2, -0.15) is 11.8 Å². The second-order valence-corrected chi connectivity index (χ2v) is 9.54. The van der Waals surface area contributed by atoms with Gasteiger partial charge < -0.3 is 9.68 Å². The van der Waals surface area contributed by atoms with Gasteiger partial charge in [0, 0.05) is 0 Å². The van der Waals surface area contributed by atoms with Gasteiger partial charge in [0.2, 0.25) is 0 Å². The highest BCUT2D eigenvalue weighted by Crippen LogP contribution is 2.48. The lowest BCUT2D eigenvalue weighted by Gasteiger charge is -2.25. The Morgan fingerprint density at radius 3 is 1.10 bits per heavy atom. The molecule has 5 aromatic carbocycles. The molecule has 0 radical (unpaired) electrons. The van der Waals surface area contributed by atoms with E-state index in [0.717, 1.165) is 55.6 Å². The van der Waals surface area contributed by atoms with Crippen LogP contribution in [0.25, 0.3) is 44.5 Å². The Balaban J connectivity index is 1.91. The summed E-state index contributed by atoms with van der Waals surface area (Å²) in [7, 11) is 0. The summed E-state index contributed by atoms with van der Waals surface area (Å²) in [5.74, 6) is 12.0. The molecule has 39 heavy (non-hydrogen) atoms. The predicted octanol–water partition coefficient (Wildman–Crippen LogP) is 8.18. The second kappa shape index (κ2) is 10.9. The number of rotatable bonds is 7. The molecule has 0 saturated heterocycles. The van der Waals surface area contributed by atoms with Crippen LogP contribution in [-0.2, 0) is 0 Å². The average molecular weight is 516 g/mol. The van der Waals surface area contributed by atoms with E-state index in [1.54, 1.807) is 12.1 Å². The summed E-state index contributed by atoms with van der Waals surface area (Å²) in [5.41, 5.74) is 12.4. The zero-order valence-corrected chi connectivity index (χ0v) is 22.1. The summed E-state index contributed by atoms with van der Waals surface area (Å²) in [5, 5.41) is 3.09. The van der Waals surface area contributed by atoms with Gasteiger partial charge in [-0.1, -0.05) is 66.2 Å². The largest absolute Gasteiger partial charge is 0.412 e. The van der Waals surface area contributed by atoms with Crippen LogP contribution in [0, 0.1) is 25.7 Å². The zero-order valence-electron chi connectivity index (χ0n) is 22.1. The topological polar surface area (TPSA) is 99.9 Å². The van der Waals surface area contributed by atoms with Gasteiger partial charge in [-0.3, -0.25) is 0 Å². The molecule has 0 saturated carbocycles. The van der Waals surface area contributed by atoms with E-state index in [0.29, 0.717) is 17.2 Å². The minimum Gasteiger partial charge on any atom is -0.412 e. The molecule has 0 spiro atoms. The first kappa shape index (κ1) is 25.9. The van der Waals surface area contributed by atoms with Crippen LogP contribution < -0.4 is 21.5 Å². The van der Waals surface area contributed by atoms with Crippen molar-refractivity contribution in [2.24, 2.45) is 17.0 Å². The van der Waals surface area contributed by atoms with Crippen LogP contribution in [0.1, 0.15) is 16.7 Å². The van der Waals surface area contributed by atoms with Gasteiger partial charge in [-0.15, -0.1) is 4.91 Å². The third-order valence-electron chi connectivity index (χ3n) is 7.16. The quantitative estimate of drug-likeness (QED) is 0.168. The highest BCUT2D eigenvalue weighted by Gasteiger charge is 2.24. The first-order chi connectivity index (χ1) is 18.9. The molecule has 0 bridgehead atoms. The zero-order chi connectivity index (χ0) is 27.5. The van der Waals surface area contributed by atoms with Crippen molar-refractivity contribution in [3.8, 4) is 56.0 Å². The van der Waals surface area contributed by atoms with Gasteiger partial charge >= 0.3 is 0 Å². The SMILES string of the molecule is Cc1ccc(-c2c(C)c(-c3ccc(ON)cc3)c(-c3ccc(ON)cc3)c(C)c2-c2ccc(N=O)cc2)cc1. The Morgan fingerprint density at radius 1 is 0.487 bits per heavy atom. The summed E-state index contributed by atoms with van der Waals surface area (Å²) in [4.78, 5) is 21.0. The molecule has 0 heterocycles. The van der Waals surface area contributed by atoms with Crippen LogP contribution in [0.5, 0.6) is 11.5 Å². The van der Waals surface area contributed by atoms with E-state index < -0.39 is 0 Å². The smallest absolute Gasteiger partial charge is 0.146 e. The molecule has 0 amide bonds. The second-order valence-electron chi connectivity index (χ2n) is 9.54. The number of benzene rings is 5. The minimum absolute atomic E-state index is 0.390. The van der Waals surface area contributed by atoms with Gasteiger partial charge in [-0.25, -0.2) is 0 Å². The van der Waals surface area contributed by atoms with Gasteiger partial charge in [0.1, 0.15) is 17.2 Å². The molecular formula is C33H29N3O3. The third kappa shape index (κ3) is 4.91. The van der Waals surface area contributed by atoms with E-state index >= 15 is 0 Å². The molecule has 4 N–H and O–H groups in total. The molecule has 5 rings (SSSR count). The fourth-order valence-electron chi connectivity index (χ4n) is 5.25. The standard InChI is InChI=1S/C33H29N3O3/c1-20-4-6-23(7-5-20)30-21(2)32(25-10-16-28(38-34)17-11-25)33(26-12-18-29(39-35)19-13-26)22(3)31(30)24-8-14-27(36-37)15-9-24/h4-19H,34-35H2,1-3H3. The first-order valence-corrected chi connectivity index (χ1v) is 12.6. The molecule has 0 fully saturated rings. The Kier molecular flexibility index (Phi) is 7.23. The van der Waals surface area contributed by atoms with E-state index in [4.69, 9.17) is 21.5 Å². The third-order valence-corrected chi connectivity index (χ3v) is 7.16. The summed E-state index contributed by atoms with van der Waals surface area (Å²) in [6.45, 7) is 6.38. The van der Waals surface area contributed by atoms with E-state index in [9.17, 15) is 4.91 Å². The van der Waals surface area contributed by atoms with Gasteiger partial charge in [0.15, 0.2) is 0 Å². The Morgan fingerprint density at radius 2 is 0.795 bits per heavy atom. The lowest BCUT2D eigenvalue weighted by molar-refractivity contribution is 0.334. The molecule has 0 aliphatic carbocycles. The van der Waals surface area contributed by atoms with Crippen molar-refractivity contribution in [1.29, 1.82) is 0 Å². The lowest BCUT2D eigenvalue weighted by Crippen LogP contribution is -2.03. The Bertz CT molecular complexity index is 1630. The summed E-state index contributed by atoms with van der Waals surface area (Å²) >= 11 is 0. The molecule has 0 aromatic heterocycles. The van der Waals surface area contributed by atoms with Crippen molar-refractivity contribution in [2.45, 2.75) is 20.8 Å². The normalized spacial score (nSPS) is 10.8. The van der Waals surface area contributed by atoms with Crippen molar-refractivity contribution in [3.63, 3.8) is 0 Å². The molecule has 0 atom stereocenters. The Labute approximate surface area is 227 Å². The van der Waals surface area contributed by atoms with E-state index in [2.05, 4.69) is 50.2 Å². The molecular weight excluding hydrogens is 486 g/mol. The Hall–Kier alpha value is -4.78. The van der Waals surface area contributed by atoms with Crippen LogP contribution in [-0.4, -0.2) is 0 Å². The van der Waals surface area contributed by atoms with Crippen LogP contribution >= 0.6 is 0 Å². The highest BCUT2D eigenvalue weighted by atomic mass is 16.6. The molecule has 6 nitrogen and oxygen atoms in total. The van der Waals surface area contributed by atoms with E-state index in [1.807, 2.05) is 60.7 Å². The average Bonchev–Trinajstić information content (AvgIpc) is 2.98. The number of hydrogen-bond acceptors (Lipinski definition) is 6. The maximum absolute atomic E-state index is 11.1. The summed E-state index contributed by atoms with van der Waals surface area (Å²) < 4.78 is 0. The number of hydrogen-bond donors (Lipinski definition) is 2. The van der Waals surface area contributed by atoms with Gasteiger partial charge in [0.05, 0.1) is 0 Å².